The molecule has 0 saturated carbocycles. The van der Waals surface area contributed by atoms with E-state index in [0.29, 0.717) is 17.5 Å². The van der Waals surface area contributed by atoms with Crippen molar-refractivity contribution in [2.24, 2.45) is 0 Å². The van der Waals surface area contributed by atoms with Crippen LogP contribution in [0.1, 0.15) is 35.4 Å². The van der Waals surface area contributed by atoms with Crippen LogP contribution in [0, 0.1) is 5.82 Å². The highest BCUT2D eigenvalue weighted by Crippen LogP contribution is 2.32. The quantitative estimate of drug-likeness (QED) is 0.408. The number of halogens is 2. The fourth-order valence-electron chi connectivity index (χ4n) is 4.49. The summed E-state index contributed by atoms with van der Waals surface area (Å²) >= 11 is 6.03. The summed E-state index contributed by atoms with van der Waals surface area (Å²) in [6, 6.07) is 22.3. The lowest BCUT2D eigenvalue weighted by Gasteiger charge is -2.33. The highest BCUT2D eigenvalue weighted by atomic mass is 35.5. The number of amides is 1. The lowest BCUT2D eigenvalue weighted by atomic mass is 9.86. The Morgan fingerprint density at radius 1 is 1.03 bits per heavy atom. The minimum atomic E-state index is -0.402. The summed E-state index contributed by atoms with van der Waals surface area (Å²) in [5.74, 6) is 0.226. The summed E-state index contributed by atoms with van der Waals surface area (Å²) in [4.78, 5) is 16.6. The molecule has 0 aliphatic carbocycles. The maximum atomic E-state index is 13.2. The maximum Gasteiger partial charge on any atom is 0.414 e. The number of carbonyl (C=O) groups excluding carboxylic acids is 1. The van der Waals surface area contributed by atoms with Gasteiger partial charge in [0, 0.05) is 17.3 Å². The zero-order valence-electron chi connectivity index (χ0n) is 18.7. The SMILES string of the molecule is COC(=O)N(Cc1ccccc1C1CCN(Cc2ccc(F)cc2)CC1)c1ccc(Cl)cc1. The van der Waals surface area contributed by atoms with E-state index in [0.717, 1.165) is 49.3 Å². The summed E-state index contributed by atoms with van der Waals surface area (Å²) < 4.78 is 18.2. The molecule has 0 aromatic heterocycles. The van der Waals surface area contributed by atoms with Gasteiger partial charge >= 0.3 is 6.09 Å². The second kappa shape index (κ2) is 10.8. The number of benzene rings is 3. The molecule has 1 fully saturated rings. The van der Waals surface area contributed by atoms with Crippen molar-refractivity contribution in [1.82, 2.24) is 4.90 Å². The van der Waals surface area contributed by atoms with E-state index in [2.05, 4.69) is 23.1 Å². The molecule has 0 unspecified atom stereocenters. The van der Waals surface area contributed by atoms with Crippen molar-refractivity contribution in [3.05, 3.63) is 100 Å². The minimum absolute atomic E-state index is 0.200. The number of rotatable bonds is 6. The lowest BCUT2D eigenvalue weighted by molar-refractivity contribution is 0.178. The second-order valence-corrected chi connectivity index (χ2v) is 8.84. The van der Waals surface area contributed by atoms with Crippen LogP contribution < -0.4 is 4.90 Å². The van der Waals surface area contributed by atoms with Crippen LogP contribution in [0.15, 0.2) is 72.8 Å². The Morgan fingerprint density at radius 2 is 1.70 bits per heavy atom. The number of methoxy groups -OCH3 is 1. The molecule has 4 nitrogen and oxygen atoms in total. The van der Waals surface area contributed by atoms with Crippen molar-refractivity contribution in [3.63, 3.8) is 0 Å². The molecule has 6 heteroatoms. The average Bonchev–Trinajstić information content (AvgIpc) is 2.85. The fraction of sp³-hybridized carbons (Fsp3) is 0.296. The monoisotopic (exact) mass is 466 g/mol. The van der Waals surface area contributed by atoms with E-state index in [1.807, 2.05) is 30.3 Å². The Bertz CT molecular complexity index is 1060. The first-order chi connectivity index (χ1) is 16.0. The minimum Gasteiger partial charge on any atom is -0.452 e. The van der Waals surface area contributed by atoms with E-state index in [9.17, 15) is 9.18 Å². The van der Waals surface area contributed by atoms with Crippen LogP contribution in [0.25, 0.3) is 0 Å². The number of piperidine rings is 1. The molecule has 1 aliphatic heterocycles. The van der Waals surface area contributed by atoms with Gasteiger partial charge in [-0.05, 0) is 84.9 Å². The predicted molar refractivity (Wildman–Crippen MR) is 130 cm³/mol. The average molecular weight is 467 g/mol. The highest BCUT2D eigenvalue weighted by molar-refractivity contribution is 6.30. The van der Waals surface area contributed by atoms with Crippen molar-refractivity contribution in [1.29, 1.82) is 0 Å². The van der Waals surface area contributed by atoms with Gasteiger partial charge in [-0.2, -0.15) is 0 Å². The molecular formula is C27H28ClFN2O2. The van der Waals surface area contributed by atoms with E-state index in [1.54, 1.807) is 17.0 Å². The summed E-state index contributed by atoms with van der Waals surface area (Å²) in [5, 5.41) is 0.622. The van der Waals surface area contributed by atoms with Gasteiger partial charge in [0.05, 0.1) is 13.7 Å². The van der Waals surface area contributed by atoms with Gasteiger partial charge in [-0.15, -0.1) is 0 Å². The maximum absolute atomic E-state index is 13.2. The summed E-state index contributed by atoms with van der Waals surface area (Å²) in [7, 11) is 1.40. The van der Waals surface area contributed by atoms with Gasteiger partial charge in [-0.1, -0.05) is 48.0 Å². The molecule has 4 rings (SSSR count). The fourth-order valence-corrected chi connectivity index (χ4v) is 4.62. The van der Waals surface area contributed by atoms with E-state index < -0.39 is 6.09 Å². The molecule has 1 saturated heterocycles. The Balaban J connectivity index is 1.46. The molecule has 0 bridgehead atoms. The van der Waals surface area contributed by atoms with Crippen LogP contribution in [0.2, 0.25) is 5.02 Å². The Hall–Kier alpha value is -2.89. The van der Waals surface area contributed by atoms with Gasteiger partial charge in [-0.25, -0.2) is 9.18 Å². The number of likely N-dealkylation sites (tertiary alicyclic amines) is 1. The largest absolute Gasteiger partial charge is 0.452 e. The van der Waals surface area contributed by atoms with Crippen LogP contribution in [0.5, 0.6) is 0 Å². The van der Waals surface area contributed by atoms with Crippen LogP contribution in [0.4, 0.5) is 14.9 Å². The molecule has 3 aromatic carbocycles. The van der Waals surface area contributed by atoms with Gasteiger partial charge in [0.1, 0.15) is 5.82 Å². The number of ether oxygens (including phenoxy) is 1. The van der Waals surface area contributed by atoms with E-state index in [-0.39, 0.29) is 5.82 Å². The smallest absolute Gasteiger partial charge is 0.414 e. The van der Waals surface area contributed by atoms with Gasteiger partial charge in [0.15, 0.2) is 0 Å². The van der Waals surface area contributed by atoms with Crippen LogP contribution >= 0.6 is 11.6 Å². The van der Waals surface area contributed by atoms with Crippen molar-refractivity contribution >= 4 is 23.4 Å². The first-order valence-electron chi connectivity index (χ1n) is 11.2. The molecule has 3 aromatic rings. The number of hydrogen-bond acceptors (Lipinski definition) is 3. The molecule has 0 N–H and O–H groups in total. The molecule has 33 heavy (non-hydrogen) atoms. The van der Waals surface area contributed by atoms with Crippen molar-refractivity contribution in [2.75, 3.05) is 25.1 Å². The van der Waals surface area contributed by atoms with Crippen LogP contribution in [-0.2, 0) is 17.8 Å². The van der Waals surface area contributed by atoms with Crippen molar-refractivity contribution in [2.45, 2.75) is 31.8 Å². The van der Waals surface area contributed by atoms with Gasteiger partial charge < -0.3 is 4.74 Å². The number of nitrogens with zero attached hydrogens (tertiary/aromatic N) is 2. The summed E-state index contributed by atoms with van der Waals surface area (Å²) in [5.41, 5.74) is 4.28. The zero-order chi connectivity index (χ0) is 23.2. The van der Waals surface area contributed by atoms with E-state index in [4.69, 9.17) is 16.3 Å². The summed E-state index contributed by atoms with van der Waals surface area (Å²) in [6.45, 7) is 3.23. The zero-order valence-corrected chi connectivity index (χ0v) is 19.5. The van der Waals surface area contributed by atoms with E-state index >= 15 is 0 Å². The number of carbonyl (C=O) groups is 1. The third-order valence-electron chi connectivity index (χ3n) is 6.26. The van der Waals surface area contributed by atoms with Crippen molar-refractivity contribution in [3.8, 4) is 0 Å². The standard InChI is InChI=1S/C27H28ClFN2O2/c1-33-27(32)31(25-12-8-23(28)9-13-25)19-22-4-2-3-5-26(22)21-14-16-30(17-15-21)18-20-6-10-24(29)11-7-20/h2-13,21H,14-19H2,1H3. The molecule has 0 radical (unpaired) electrons. The Morgan fingerprint density at radius 3 is 2.36 bits per heavy atom. The first kappa shape index (κ1) is 23.3. The predicted octanol–water partition coefficient (Wildman–Crippen LogP) is 6.63. The molecule has 0 atom stereocenters. The molecule has 1 amide bonds. The topological polar surface area (TPSA) is 32.8 Å². The van der Waals surface area contributed by atoms with Gasteiger partial charge in [0.25, 0.3) is 0 Å². The van der Waals surface area contributed by atoms with Crippen LogP contribution in [0.3, 0.4) is 0 Å². The Labute approximate surface area is 199 Å². The van der Waals surface area contributed by atoms with Crippen LogP contribution in [-0.4, -0.2) is 31.2 Å². The third kappa shape index (κ3) is 5.92. The number of hydrogen-bond donors (Lipinski definition) is 0. The molecule has 0 spiro atoms. The molecule has 1 aliphatic rings. The lowest BCUT2D eigenvalue weighted by Crippen LogP contribution is -2.33. The Kier molecular flexibility index (Phi) is 7.63. The normalized spacial score (nSPS) is 14.8. The third-order valence-corrected chi connectivity index (χ3v) is 6.52. The van der Waals surface area contributed by atoms with Crippen molar-refractivity contribution < 1.29 is 13.9 Å². The number of anilines is 1. The molecular weight excluding hydrogens is 439 g/mol. The highest BCUT2D eigenvalue weighted by Gasteiger charge is 2.24. The first-order valence-corrected chi connectivity index (χ1v) is 11.6. The summed E-state index contributed by atoms with van der Waals surface area (Å²) in [6.07, 6.45) is 1.68. The van der Waals surface area contributed by atoms with E-state index in [1.165, 1.54) is 24.8 Å². The second-order valence-electron chi connectivity index (χ2n) is 8.41. The molecule has 172 valence electrons. The molecule has 1 heterocycles. The van der Waals surface area contributed by atoms with Gasteiger partial charge in [-0.3, -0.25) is 9.80 Å². The van der Waals surface area contributed by atoms with Gasteiger partial charge in [0.2, 0.25) is 0 Å².